The zero-order chi connectivity index (χ0) is 18.2. The van der Waals surface area contributed by atoms with Gasteiger partial charge in [0.15, 0.2) is 0 Å². The Kier molecular flexibility index (Phi) is 4.52. The van der Waals surface area contributed by atoms with E-state index < -0.39 is 5.54 Å². The van der Waals surface area contributed by atoms with Crippen LogP contribution in [0.15, 0.2) is 24.3 Å². The zero-order valence-electron chi connectivity index (χ0n) is 15.6. The number of amides is 3. The number of hydrogen-bond donors (Lipinski definition) is 1. The van der Waals surface area contributed by atoms with E-state index in [0.717, 1.165) is 24.2 Å². The number of hydrogen-bond acceptors (Lipinski definition) is 3. The Morgan fingerprint density at radius 3 is 2.72 bits per heavy atom. The van der Waals surface area contributed by atoms with Crippen molar-refractivity contribution >= 4 is 11.9 Å². The standard InChI is InChI=1S/C20H28N2O3/c1-14-6-5-7-16(10-14)25-9-8-22-17(23)20(21-18(22)24)12-15(2)11-19(3,4)13-20/h5-7,10,15H,8-9,11-13H2,1-4H3,(H,21,24)/t15-,20-/m0/s1. The first-order valence-corrected chi connectivity index (χ1v) is 9.04. The fourth-order valence-corrected chi connectivity index (χ4v) is 4.67. The monoisotopic (exact) mass is 344 g/mol. The van der Waals surface area contributed by atoms with Crippen LogP contribution in [0.3, 0.4) is 0 Å². The van der Waals surface area contributed by atoms with Crippen LogP contribution in [0.25, 0.3) is 0 Å². The lowest BCUT2D eigenvalue weighted by Crippen LogP contribution is -2.54. The molecule has 2 aliphatic rings. The third kappa shape index (κ3) is 3.65. The van der Waals surface area contributed by atoms with E-state index >= 15 is 0 Å². The molecule has 0 unspecified atom stereocenters. The SMILES string of the molecule is Cc1cccc(OCCN2C(=O)N[C@]3(C[C@@H](C)CC(C)(C)C3)C2=O)c1. The number of carbonyl (C=O) groups excluding carboxylic acids is 2. The minimum atomic E-state index is -0.735. The van der Waals surface area contributed by atoms with Crippen molar-refractivity contribution in [2.24, 2.45) is 11.3 Å². The molecule has 5 nitrogen and oxygen atoms in total. The molecule has 5 heteroatoms. The first-order chi connectivity index (χ1) is 11.7. The Labute approximate surface area is 149 Å². The maximum atomic E-state index is 13.0. The molecule has 1 aromatic rings. The van der Waals surface area contributed by atoms with Crippen molar-refractivity contribution in [3.63, 3.8) is 0 Å². The molecular weight excluding hydrogens is 316 g/mol. The molecule has 0 bridgehead atoms. The number of rotatable bonds is 4. The van der Waals surface area contributed by atoms with Gasteiger partial charge in [-0.2, -0.15) is 0 Å². The van der Waals surface area contributed by atoms with Gasteiger partial charge in [-0.15, -0.1) is 0 Å². The molecule has 1 saturated heterocycles. The predicted octanol–water partition coefficient (Wildman–Crippen LogP) is 3.51. The van der Waals surface area contributed by atoms with Gasteiger partial charge < -0.3 is 10.1 Å². The molecule has 1 aromatic carbocycles. The van der Waals surface area contributed by atoms with Gasteiger partial charge >= 0.3 is 6.03 Å². The Bertz CT molecular complexity index is 685. The smallest absolute Gasteiger partial charge is 0.325 e. The molecule has 0 radical (unpaired) electrons. The number of nitrogens with zero attached hydrogens (tertiary/aromatic N) is 1. The normalized spacial score (nSPS) is 28.3. The summed E-state index contributed by atoms with van der Waals surface area (Å²) in [4.78, 5) is 26.7. The van der Waals surface area contributed by atoms with Crippen LogP contribution >= 0.6 is 0 Å². The van der Waals surface area contributed by atoms with Crippen LogP contribution in [0.2, 0.25) is 0 Å². The second-order valence-electron chi connectivity index (χ2n) is 8.49. The first-order valence-electron chi connectivity index (χ1n) is 9.04. The molecule has 136 valence electrons. The lowest BCUT2D eigenvalue weighted by molar-refractivity contribution is -0.135. The largest absolute Gasteiger partial charge is 0.492 e. The molecule has 1 aliphatic heterocycles. The van der Waals surface area contributed by atoms with E-state index in [0.29, 0.717) is 18.9 Å². The third-order valence-corrected chi connectivity index (χ3v) is 5.20. The number of carbonyl (C=O) groups is 2. The summed E-state index contributed by atoms with van der Waals surface area (Å²) in [6.45, 7) is 9.08. The summed E-state index contributed by atoms with van der Waals surface area (Å²) in [7, 11) is 0. The van der Waals surface area contributed by atoms with Crippen LogP contribution < -0.4 is 10.1 Å². The van der Waals surface area contributed by atoms with E-state index in [2.05, 4.69) is 26.1 Å². The molecule has 2 atom stereocenters. The molecule has 0 aromatic heterocycles. The predicted molar refractivity (Wildman–Crippen MR) is 96.4 cm³/mol. The molecule has 1 heterocycles. The third-order valence-electron chi connectivity index (χ3n) is 5.20. The lowest BCUT2D eigenvalue weighted by Gasteiger charge is -2.43. The Morgan fingerprint density at radius 2 is 2.04 bits per heavy atom. The molecular formula is C20H28N2O3. The van der Waals surface area contributed by atoms with Crippen LogP contribution in [-0.4, -0.2) is 35.5 Å². The number of nitrogens with one attached hydrogen (secondary N) is 1. The average Bonchev–Trinajstić information content (AvgIpc) is 2.68. The zero-order valence-corrected chi connectivity index (χ0v) is 15.6. The summed E-state index contributed by atoms with van der Waals surface area (Å²) in [5, 5.41) is 2.99. The number of aryl methyl sites for hydroxylation is 1. The van der Waals surface area contributed by atoms with Gasteiger partial charge in [0.1, 0.15) is 17.9 Å². The second-order valence-corrected chi connectivity index (χ2v) is 8.49. The van der Waals surface area contributed by atoms with Crippen molar-refractivity contribution in [1.29, 1.82) is 0 Å². The highest BCUT2D eigenvalue weighted by Crippen LogP contribution is 2.46. The molecule has 25 heavy (non-hydrogen) atoms. The molecule has 3 amide bonds. The number of imide groups is 1. The summed E-state index contributed by atoms with van der Waals surface area (Å²) in [5.74, 6) is 1.08. The lowest BCUT2D eigenvalue weighted by atomic mass is 9.64. The van der Waals surface area contributed by atoms with Gasteiger partial charge in [-0.1, -0.05) is 32.9 Å². The quantitative estimate of drug-likeness (QED) is 0.850. The highest BCUT2D eigenvalue weighted by Gasteiger charge is 2.55. The van der Waals surface area contributed by atoms with Crippen molar-refractivity contribution < 1.29 is 14.3 Å². The van der Waals surface area contributed by atoms with Crippen LogP contribution in [0.5, 0.6) is 5.75 Å². The van der Waals surface area contributed by atoms with Gasteiger partial charge in [0.05, 0.1) is 6.54 Å². The van der Waals surface area contributed by atoms with E-state index in [1.807, 2.05) is 31.2 Å². The Hall–Kier alpha value is -2.04. The van der Waals surface area contributed by atoms with Crippen molar-refractivity contribution in [1.82, 2.24) is 10.2 Å². The average molecular weight is 344 g/mol. The van der Waals surface area contributed by atoms with Crippen LogP contribution in [-0.2, 0) is 4.79 Å². The molecule has 1 saturated carbocycles. The van der Waals surface area contributed by atoms with E-state index in [1.54, 1.807) is 0 Å². The van der Waals surface area contributed by atoms with E-state index in [1.165, 1.54) is 4.90 Å². The molecule has 1 spiro atoms. The summed E-state index contributed by atoms with van der Waals surface area (Å²) in [5.41, 5.74) is 0.431. The molecule has 1 N–H and O–H groups in total. The maximum Gasteiger partial charge on any atom is 0.325 e. The summed E-state index contributed by atoms with van der Waals surface area (Å²) in [6.07, 6.45) is 2.49. The minimum absolute atomic E-state index is 0.0503. The van der Waals surface area contributed by atoms with Gasteiger partial charge in [0.25, 0.3) is 5.91 Å². The first kappa shape index (κ1) is 17.8. The molecule has 3 rings (SSSR count). The summed E-state index contributed by atoms with van der Waals surface area (Å²) in [6, 6.07) is 7.46. The molecule has 2 fully saturated rings. The van der Waals surface area contributed by atoms with Crippen molar-refractivity contribution in [2.45, 2.75) is 52.5 Å². The highest BCUT2D eigenvalue weighted by atomic mass is 16.5. The Balaban J connectivity index is 1.65. The summed E-state index contributed by atoms with van der Waals surface area (Å²) >= 11 is 0. The number of ether oxygens (including phenoxy) is 1. The fourth-order valence-electron chi connectivity index (χ4n) is 4.67. The number of urea groups is 1. The van der Waals surface area contributed by atoms with Crippen LogP contribution in [0, 0.1) is 18.3 Å². The van der Waals surface area contributed by atoms with Crippen molar-refractivity contribution in [3.05, 3.63) is 29.8 Å². The van der Waals surface area contributed by atoms with E-state index in [4.69, 9.17) is 4.74 Å². The van der Waals surface area contributed by atoms with E-state index in [9.17, 15) is 9.59 Å². The van der Waals surface area contributed by atoms with E-state index in [-0.39, 0.29) is 23.9 Å². The van der Waals surface area contributed by atoms with Crippen molar-refractivity contribution in [3.8, 4) is 5.75 Å². The van der Waals surface area contributed by atoms with Gasteiger partial charge in [0.2, 0.25) is 0 Å². The highest BCUT2D eigenvalue weighted by molar-refractivity contribution is 6.07. The van der Waals surface area contributed by atoms with Crippen LogP contribution in [0.4, 0.5) is 4.79 Å². The number of benzene rings is 1. The van der Waals surface area contributed by atoms with Gasteiger partial charge in [-0.05, 0) is 55.2 Å². The van der Waals surface area contributed by atoms with Gasteiger partial charge in [-0.3, -0.25) is 9.69 Å². The topological polar surface area (TPSA) is 58.6 Å². The van der Waals surface area contributed by atoms with Gasteiger partial charge in [-0.25, -0.2) is 4.79 Å². The minimum Gasteiger partial charge on any atom is -0.492 e. The molecule has 1 aliphatic carbocycles. The van der Waals surface area contributed by atoms with Crippen LogP contribution in [0.1, 0.15) is 45.6 Å². The Morgan fingerprint density at radius 1 is 1.28 bits per heavy atom. The second kappa shape index (κ2) is 6.36. The summed E-state index contributed by atoms with van der Waals surface area (Å²) < 4.78 is 5.71. The van der Waals surface area contributed by atoms with Gasteiger partial charge in [0, 0.05) is 0 Å². The fraction of sp³-hybridized carbons (Fsp3) is 0.600. The van der Waals surface area contributed by atoms with Crippen molar-refractivity contribution in [2.75, 3.05) is 13.2 Å². The maximum absolute atomic E-state index is 13.0.